The number of methoxy groups -OCH3 is 1. The van der Waals surface area contributed by atoms with Crippen molar-refractivity contribution in [2.24, 2.45) is 0 Å². The molecule has 0 saturated carbocycles. The Morgan fingerprint density at radius 2 is 2.28 bits per heavy atom. The number of rotatable bonds is 1. The lowest BCUT2D eigenvalue weighted by molar-refractivity contribution is -0.139. The van der Waals surface area contributed by atoms with Crippen LogP contribution in [0.3, 0.4) is 0 Å². The van der Waals surface area contributed by atoms with Gasteiger partial charge in [-0.05, 0) is 11.6 Å². The van der Waals surface area contributed by atoms with Gasteiger partial charge in [0.15, 0.2) is 0 Å². The molecule has 7 heteroatoms. The van der Waals surface area contributed by atoms with Crippen LogP contribution in [-0.2, 0) is 9.53 Å². The minimum absolute atomic E-state index is 0.00917. The Morgan fingerprint density at radius 3 is 3.00 bits per heavy atom. The van der Waals surface area contributed by atoms with Gasteiger partial charge in [-0.25, -0.2) is 4.98 Å². The molecule has 0 aliphatic heterocycles. The molecule has 0 unspecified atom stereocenters. The zero-order valence-electron chi connectivity index (χ0n) is 9.25. The summed E-state index contributed by atoms with van der Waals surface area (Å²) in [4.78, 5) is 21.6. The van der Waals surface area contributed by atoms with Crippen LogP contribution in [0, 0.1) is 11.8 Å². The number of nitrogens with one attached hydrogen (secondary N) is 1. The maximum Gasteiger partial charge on any atom is 0.317 e. The zero-order chi connectivity index (χ0) is 13.1. The molecule has 1 N–H and O–H groups in total. The molecule has 0 atom stereocenters. The summed E-state index contributed by atoms with van der Waals surface area (Å²) in [5.74, 6) is 5.09. The van der Waals surface area contributed by atoms with Crippen molar-refractivity contribution in [3.05, 3.63) is 22.2 Å². The molecule has 18 heavy (non-hydrogen) atoms. The van der Waals surface area contributed by atoms with Gasteiger partial charge in [0.2, 0.25) is 5.28 Å². The van der Waals surface area contributed by atoms with Crippen molar-refractivity contribution in [2.75, 3.05) is 7.11 Å². The Labute approximate surface area is 112 Å². The fourth-order valence-corrected chi connectivity index (χ4v) is 1.83. The van der Waals surface area contributed by atoms with Gasteiger partial charge in [0.1, 0.15) is 17.2 Å². The first-order valence-corrected chi connectivity index (χ1v) is 5.63. The largest absolute Gasteiger partial charge is 0.468 e. The van der Waals surface area contributed by atoms with Crippen molar-refractivity contribution in [1.82, 2.24) is 15.0 Å². The molecule has 0 aliphatic rings. The third-order valence-electron chi connectivity index (χ3n) is 2.14. The summed E-state index contributed by atoms with van der Waals surface area (Å²) in [6.45, 7) is 0. The number of carbonyl (C=O) groups is 1. The van der Waals surface area contributed by atoms with Gasteiger partial charge in [-0.15, -0.1) is 0 Å². The molecule has 2 aromatic rings. The van der Waals surface area contributed by atoms with Gasteiger partial charge in [0.05, 0.1) is 18.1 Å². The van der Waals surface area contributed by atoms with Crippen molar-refractivity contribution >= 4 is 40.2 Å². The topological polar surface area (TPSA) is 67.9 Å². The van der Waals surface area contributed by atoms with Crippen LogP contribution in [0.2, 0.25) is 10.4 Å². The van der Waals surface area contributed by atoms with E-state index in [-0.39, 0.29) is 16.9 Å². The number of hydrogen-bond acceptors (Lipinski definition) is 4. The Morgan fingerprint density at radius 1 is 1.50 bits per heavy atom. The van der Waals surface area contributed by atoms with Crippen LogP contribution >= 0.6 is 23.2 Å². The number of hydrogen-bond donors (Lipinski definition) is 1. The zero-order valence-corrected chi connectivity index (χ0v) is 10.8. The monoisotopic (exact) mass is 283 g/mol. The molecule has 2 heterocycles. The van der Waals surface area contributed by atoms with Crippen LogP contribution in [-0.4, -0.2) is 28.0 Å². The van der Waals surface area contributed by atoms with Crippen molar-refractivity contribution in [3.8, 4) is 11.8 Å². The fourth-order valence-electron chi connectivity index (χ4n) is 1.35. The van der Waals surface area contributed by atoms with Crippen molar-refractivity contribution < 1.29 is 9.53 Å². The number of nitrogens with zero attached hydrogens (tertiary/aromatic N) is 2. The normalized spacial score (nSPS) is 9.94. The van der Waals surface area contributed by atoms with Crippen LogP contribution in [0.25, 0.3) is 11.0 Å². The number of aromatic amines is 1. The first-order chi connectivity index (χ1) is 8.61. The second-order valence-electron chi connectivity index (χ2n) is 3.26. The van der Waals surface area contributed by atoms with E-state index in [1.165, 1.54) is 7.11 Å². The predicted molar refractivity (Wildman–Crippen MR) is 67.4 cm³/mol. The van der Waals surface area contributed by atoms with E-state index < -0.39 is 5.97 Å². The summed E-state index contributed by atoms with van der Waals surface area (Å²) in [7, 11) is 1.31. The van der Waals surface area contributed by atoms with Gasteiger partial charge in [-0.1, -0.05) is 23.4 Å². The van der Waals surface area contributed by atoms with E-state index in [2.05, 4.69) is 31.5 Å². The summed E-state index contributed by atoms with van der Waals surface area (Å²) >= 11 is 11.6. The molecule has 2 rings (SSSR count). The Hall–Kier alpha value is -1.77. The standard InChI is InChI=1S/C11H7Cl2N3O2/c1-18-7(17)4-2-3-6-5-14-10-8(6)9(12)15-11(13)16-10/h5H,4H2,1H3,(H,14,15,16). The second-order valence-corrected chi connectivity index (χ2v) is 3.96. The van der Waals surface area contributed by atoms with Crippen molar-refractivity contribution in [1.29, 1.82) is 0 Å². The van der Waals surface area contributed by atoms with Crippen LogP contribution in [0.1, 0.15) is 12.0 Å². The highest BCUT2D eigenvalue weighted by Gasteiger charge is 2.10. The minimum atomic E-state index is -0.396. The van der Waals surface area contributed by atoms with Gasteiger partial charge in [-0.3, -0.25) is 4.79 Å². The molecule has 0 aromatic carbocycles. The van der Waals surface area contributed by atoms with E-state index in [1.54, 1.807) is 6.20 Å². The van der Waals surface area contributed by atoms with Gasteiger partial charge in [-0.2, -0.15) is 4.98 Å². The highest BCUT2D eigenvalue weighted by molar-refractivity contribution is 6.36. The summed E-state index contributed by atoms with van der Waals surface area (Å²) in [5, 5.41) is 0.857. The maximum absolute atomic E-state index is 10.9. The van der Waals surface area contributed by atoms with E-state index in [1.807, 2.05) is 0 Å². The van der Waals surface area contributed by atoms with Crippen molar-refractivity contribution in [2.45, 2.75) is 6.42 Å². The van der Waals surface area contributed by atoms with Gasteiger partial charge >= 0.3 is 5.97 Å². The van der Waals surface area contributed by atoms with Gasteiger partial charge < -0.3 is 9.72 Å². The number of fused-ring (bicyclic) bond motifs is 1. The summed E-state index contributed by atoms with van der Waals surface area (Å²) in [6, 6.07) is 0. The van der Waals surface area contributed by atoms with E-state index in [0.29, 0.717) is 16.6 Å². The first kappa shape index (κ1) is 12.7. The lowest BCUT2D eigenvalue weighted by Gasteiger charge is -1.94. The third kappa shape index (κ3) is 2.55. The van der Waals surface area contributed by atoms with Crippen LogP contribution < -0.4 is 0 Å². The quantitative estimate of drug-likeness (QED) is 0.377. The Kier molecular flexibility index (Phi) is 3.70. The molecule has 0 spiro atoms. The molecule has 0 fully saturated rings. The highest BCUT2D eigenvalue weighted by atomic mass is 35.5. The molecule has 0 saturated heterocycles. The molecule has 0 aliphatic carbocycles. The number of halogens is 2. The number of H-pyrrole nitrogens is 1. The third-order valence-corrected chi connectivity index (χ3v) is 2.59. The van der Waals surface area contributed by atoms with Crippen LogP contribution in [0.5, 0.6) is 0 Å². The van der Waals surface area contributed by atoms with Crippen molar-refractivity contribution in [3.63, 3.8) is 0 Å². The minimum Gasteiger partial charge on any atom is -0.468 e. The molecule has 0 radical (unpaired) electrons. The molecule has 0 amide bonds. The number of carbonyl (C=O) groups excluding carboxylic acids is 1. The molecular formula is C11H7Cl2N3O2. The fraction of sp³-hybridized carbons (Fsp3) is 0.182. The average Bonchev–Trinajstić information content (AvgIpc) is 2.72. The molecule has 92 valence electrons. The molecule has 2 aromatic heterocycles. The van der Waals surface area contributed by atoms with E-state index in [9.17, 15) is 4.79 Å². The predicted octanol–water partition coefficient (Wildman–Crippen LogP) is 2.18. The van der Waals surface area contributed by atoms with Gasteiger partial charge in [0.25, 0.3) is 0 Å². The Balaban J connectivity index is 2.38. The maximum atomic E-state index is 10.9. The Bertz CT molecular complexity index is 670. The summed E-state index contributed by atoms with van der Waals surface area (Å²) in [6.07, 6.45) is 1.64. The SMILES string of the molecule is COC(=O)CC#Cc1c[nH]c2nc(Cl)nc(Cl)c12. The number of ether oxygens (including phenoxy) is 1. The van der Waals surface area contributed by atoms with E-state index in [4.69, 9.17) is 23.2 Å². The van der Waals surface area contributed by atoms with Crippen LogP contribution in [0.15, 0.2) is 6.20 Å². The summed E-state index contributed by atoms with van der Waals surface area (Å²) in [5.41, 5.74) is 1.11. The number of aromatic nitrogens is 3. The molecular weight excluding hydrogens is 277 g/mol. The average molecular weight is 284 g/mol. The lowest BCUT2D eigenvalue weighted by Crippen LogP contribution is -1.96. The molecule has 5 nitrogen and oxygen atoms in total. The number of esters is 1. The lowest BCUT2D eigenvalue weighted by atomic mass is 10.2. The molecule has 0 bridgehead atoms. The first-order valence-electron chi connectivity index (χ1n) is 4.87. The van der Waals surface area contributed by atoms with Crippen LogP contribution in [0.4, 0.5) is 0 Å². The second kappa shape index (κ2) is 5.25. The highest BCUT2D eigenvalue weighted by Crippen LogP contribution is 2.24. The van der Waals surface area contributed by atoms with Gasteiger partial charge in [0, 0.05) is 6.20 Å². The van der Waals surface area contributed by atoms with E-state index >= 15 is 0 Å². The van der Waals surface area contributed by atoms with E-state index in [0.717, 1.165) is 0 Å². The summed E-state index contributed by atoms with van der Waals surface area (Å²) < 4.78 is 4.48. The smallest absolute Gasteiger partial charge is 0.317 e.